The van der Waals surface area contributed by atoms with Crippen LogP contribution in [-0.4, -0.2) is 17.8 Å². The van der Waals surface area contributed by atoms with Crippen molar-refractivity contribution >= 4 is 0 Å². The Morgan fingerprint density at radius 1 is 1.00 bits per heavy atom. The second-order valence-corrected chi connectivity index (χ2v) is 6.55. The van der Waals surface area contributed by atoms with E-state index in [1.54, 1.807) is 0 Å². The second kappa shape index (κ2) is 9.77. The average molecular weight is 269 g/mol. The SMILES string of the molecule is CCCCCCCCCCC1(CN)CCCCC1O. The Kier molecular flexibility index (Phi) is 8.72. The molecule has 3 N–H and O–H groups in total. The second-order valence-electron chi connectivity index (χ2n) is 6.55. The normalized spacial score (nSPS) is 27.6. The lowest BCUT2D eigenvalue weighted by molar-refractivity contribution is -0.0134. The number of nitrogens with two attached hydrogens (primary N) is 1. The number of rotatable bonds is 10. The fourth-order valence-corrected chi connectivity index (χ4v) is 3.53. The van der Waals surface area contributed by atoms with Crippen LogP contribution >= 0.6 is 0 Å². The van der Waals surface area contributed by atoms with Crippen LogP contribution in [0, 0.1) is 5.41 Å². The number of aliphatic hydroxyl groups excluding tert-OH is 1. The lowest BCUT2D eigenvalue weighted by Crippen LogP contribution is -2.44. The Morgan fingerprint density at radius 2 is 1.63 bits per heavy atom. The van der Waals surface area contributed by atoms with Gasteiger partial charge in [-0.15, -0.1) is 0 Å². The largest absolute Gasteiger partial charge is 0.393 e. The summed E-state index contributed by atoms with van der Waals surface area (Å²) >= 11 is 0. The molecule has 1 saturated carbocycles. The fourth-order valence-electron chi connectivity index (χ4n) is 3.53. The van der Waals surface area contributed by atoms with E-state index in [9.17, 15) is 5.11 Å². The van der Waals surface area contributed by atoms with Crippen LogP contribution in [0.15, 0.2) is 0 Å². The summed E-state index contributed by atoms with van der Waals surface area (Å²) in [4.78, 5) is 0. The molecule has 19 heavy (non-hydrogen) atoms. The smallest absolute Gasteiger partial charge is 0.0608 e. The third kappa shape index (κ3) is 5.83. The number of hydrogen-bond acceptors (Lipinski definition) is 2. The van der Waals surface area contributed by atoms with Crippen molar-refractivity contribution < 1.29 is 5.11 Å². The molecular weight excluding hydrogens is 234 g/mol. The van der Waals surface area contributed by atoms with Crippen molar-refractivity contribution in [3.05, 3.63) is 0 Å². The van der Waals surface area contributed by atoms with E-state index in [0.29, 0.717) is 6.54 Å². The van der Waals surface area contributed by atoms with Crippen LogP contribution in [0.5, 0.6) is 0 Å². The summed E-state index contributed by atoms with van der Waals surface area (Å²) in [6.07, 6.45) is 16.4. The van der Waals surface area contributed by atoms with Gasteiger partial charge in [0.25, 0.3) is 0 Å². The average Bonchev–Trinajstić information content (AvgIpc) is 2.44. The zero-order chi connectivity index (χ0) is 14.0. The van der Waals surface area contributed by atoms with Crippen molar-refractivity contribution in [1.82, 2.24) is 0 Å². The van der Waals surface area contributed by atoms with E-state index in [1.807, 2.05) is 0 Å². The summed E-state index contributed by atoms with van der Waals surface area (Å²) < 4.78 is 0. The van der Waals surface area contributed by atoms with E-state index < -0.39 is 0 Å². The van der Waals surface area contributed by atoms with Crippen LogP contribution in [0.4, 0.5) is 0 Å². The molecule has 1 aliphatic rings. The molecule has 1 fully saturated rings. The van der Waals surface area contributed by atoms with Gasteiger partial charge in [-0.3, -0.25) is 0 Å². The van der Waals surface area contributed by atoms with Crippen molar-refractivity contribution in [1.29, 1.82) is 0 Å². The summed E-state index contributed by atoms with van der Waals surface area (Å²) in [7, 11) is 0. The van der Waals surface area contributed by atoms with Gasteiger partial charge in [-0.2, -0.15) is 0 Å². The molecule has 0 spiro atoms. The lowest BCUT2D eigenvalue weighted by atomic mass is 9.69. The first-order valence-electron chi connectivity index (χ1n) is 8.63. The maximum Gasteiger partial charge on any atom is 0.0608 e. The third-order valence-electron chi connectivity index (χ3n) is 5.04. The molecule has 1 aliphatic carbocycles. The molecule has 0 radical (unpaired) electrons. The molecule has 1 rings (SSSR count). The molecule has 0 bridgehead atoms. The van der Waals surface area contributed by atoms with E-state index in [2.05, 4.69) is 6.92 Å². The van der Waals surface area contributed by atoms with Crippen LogP contribution in [0.25, 0.3) is 0 Å². The van der Waals surface area contributed by atoms with Crippen LogP contribution in [-0.2, 0) is 0 Å². The molecule has 2 unspecified atom stereocenters. The summed E-state index contributed by atoms with van der Waals surface area (Å²) in [5.74, 6) is 0. The topological polar surface area (TPSA) is 46.2 Å². The highest BCUT2D eigenvalue weighted by Gasteiger charge is 2.37. The van der Waals surface area contributed by atoms with Crippen LogP contribution in [0.1, 0.15) is 90.4 Å². The first-order chi connectivity index (χ1) is 9.25. The third-order valence-corrected chi connectivity index (χ3v) is 5.04. The van der Waals surface area contributed by atoms with E-state index in [4.69, 9.17) is 5.73 Å². The fraction of sp³-hybridized carbons (Fsp3) is 1.00. The van der Waals surface area contributed by atoms with Gasteiger partial charge in [0.15, 0.2) is 0 Å². The Hall–Kier alpha value is -0.0800. The molecule has 0 saturated heterocycles. The van der Waals surface area contributed by atoms with E-state index in [0.717, 1.165) is 19.3 Å². The summed E-state index contributed by atoms with van der Waals surface area (Å²) in [5, 5.41) is 10.2. The van der Waals surface area contributed by atoms with Gasteiger partial charge in [-0.1, -0.05) is 71.1 Å². The van der Waals surface area contributed by atoms with E-state index in [-0.39, 0.29) is 11.5 Å². The Morgan fingerprint density at radius 3 is 2.21 bits per heavy atom. The lowest BCUT2D eigenvalue weighted by Gasteiger charge is -2.41. The molecule has 2 nitrogen and oxygen atoms in total. The highest BCUT2D eigenvalue weighted by Crippen LogP contribution is 2.40. The van der Waals surface area contributed by atoms with Gasteiger partial charge in [-0.05, 0) is 19.3 Å². The predicted molar refractivity (Wildman–Crippen MR) is 83.2 cm³/mol. The zero-order valence-corrected chi connectivity index (χ0v) is 13.0. The summed E-state index contributed by atoms with van der Waals surface area (Å²) in [6.45, 7) is 2.94. The molecule has 0 aliphatic heterocycles. The molecule has 114 valence electrons. The van der Waals surface area contributed by atoms with E-state index >= 15 is 0 Å². The summed E-state index contributed by atoms with van der Waals surface area (Å²) in [6, 6.07) is 0. The Bertz CT molecular complexity index is 219. The summed E-state index contributed by atoms with van der Waals surface area (Å²) in [5.41, 5.74) is 6.02. The minimum Gasteiger partial charge on any atom is -0.393 e. The molecule has 0 aromatic heterocycles. The standard InChI is InChI=1S/C17H35NO/c1-2-3-4-5-6-7-8-10-13-17(15-18)14-11-9-12-16(17)19/h16,19H,2-15,18H2,1H3. The van der Waals surface area contributed by atoms with Crippen molar-refractivity contribution in [2.75, 3.05) is 6.54 Å². The molecule has 2 atom stereocenters. The number of aliphatic hydroxyl groups is 1. The molecule has 0 aromatic carbocycles. The monoisotopic (exact) mass is 269 g/mol. The predicted octanol–water partition coefficient (Wildman–Crippen LogP) is 4.40. The molecule has 0 heterocycles. The maximum atomic E-state index is 10.2. The van der Waals surface area contributed by atoms with Crippen LogP contribution in [0.2, 0.25) is 0 Å². The highest BCUT2D eigenvalue weighted by molar-refractivity contribution is 4.90. The maximum absolute atomic E-state index is 10.2. The molecule has 0 amide bonds. The van der Waals surface area contributed by atoms with Gasteiger partial charge in [-0.25, -0.2) is 0 Å². The highest BCUT2D eigenvalue weighted by atomic mass is 16.3. The van der Waals surface area contributed by atoms with Crippen LogP contribution in [0.3, 0.4) is 0 Å². The number of hydrogen-bond donors (Lipinski definition) is 2. The first kappa shape index (κ1) is 17.0. The molecule has 0 aromatic rings. The van der Waals surface area contributed by atoms with Crippen molar-refractivity contribution in [2.24, 2.45) is 11.1 Å². The van der Waals surface area contributed by atoms with Crippen LogP contribution < -0.4 is 5.73 Å². The number of unbranched alkanes of at least 4 members (excludes halogenated alkanes) is 7. The van der Waals surface area contributed by atoms with Crippen molar-refractivity contribution in [3.8, 4) is 0 Å². The molecular formula is C17H35NO. The van der Waals surface area contributed by atoms with Crippen molar-refractivity contribution in [2.45, 2.75) is 96.5 Å². The quantitative estimate of drug-likeness (QED) is 0.577. The van der Waals surface area contributed by atoms with Gasteiger partial charge in [0.2, 0.25) is 0 Å². The van der Waals surface area contributed by atoms with Gasteiger partial charge in [0.1, 0.15) is 0 Å². The first-order valence-corrected chi connectivity index (χ1v) is 8.63. The minimum atomic E-state index is -0.143. The zero-order valence-electron chi connectivity index (χ0n) is 13.0. The molecule has 2 heteroatoms. The Balaban J connectivity index is 2.09. The van der Waals surface area contributed by atoms with Gasteiger partial charge in [0, 0.05) is 12.0 Å². The van der Waals surface area contributed by atoms with Gasteiger partial charge in [0.05, 0.1) is 6.10 Å². The minimum absolute atomic E-state index is 0.0560. The van der Waals surface area contributed by atoms with Crippen molar-refractivity contribution in [3.63, 3.8) is 0 Å². The van der Waals surface area contributed by atoms with Gasteiger partial charge < -0.3 is 10.8 Å². The van der Waals surface area contributed by atoms with E-state index in [1.165, 1.54) is 64.2 Å². The van der Waals surface area contributed by atoms with Gasteiger partial charge >= 0.3 is 0 Å². The Labute approximate surface area is 120 Å².